The van der Waals surface area contributed by atoms with Gasteiger partial charge in [-0.3, -0.25) is 4.79 Å². The molecule has 0 unspecified atom stereocenters. The number of nitrogens with zero attached hydrogens (tertiary/aromatic N) is 2. The number of benzene rings is 3. The minimum absolute atomic E-state index is 0.0338. The van der Waals surface area contributed by atoms with Crippen molar-refractivity contribution in [3.05, 3.63) is 83.9 Å². The molecule has 0 saturated carbocycles. The highest BCUT2D eigenvalue weighted by Crippen LogP contribution is 2.36. The molecule has 6 nitrogen and oxygen atoms in total. The Bertz CT molecular complexity index is 1390. The van der Waals surface area contributed by atoms with Crippen LogP contribution in [-0.4, -0.2) is 47.2 Å². The van der Waals surface area contributed by atoms with Crippen LogP contribution in [0.3, 0.4) is 0 Å². The molecule has 6 rings (SSSR count). The molecule has 1 N–H and O–H groups in total. The lowest BCUT2D eigenvalue weighted by Gasteiger charge is -2.32. The molecule has 176 valence electrons. The zero-order chi connectivity index (χ0) is 23.8. The second-order valence-electron chi connectivity index (χ2n) is 9.09. The van der Waals surface area contributed by atoms with Gasteiger partial charge in [-0.05, 0) is 66.8 Å². The van der Waals surface area contributed by atoms with Gasteiger partial charge in [0.25, 0.3) is 5.91 Å². The average molecular weight is 467 g/mol. The zero-order valence-corrected chi connectivity index (χ0v) is 19.3. The van der Waals surface area contributed by atoms with Gasteiger partial charge in [0.1, 0.15) is 19.0 Å². The van der Waals surface area contributed by atoms with Crippen molar-refractivity contribution in [2.75, 3.05) is 26.3 Å². The SMILES string of the molecule is O=C(c1cc(-c2ccc3c(c2)OCCO3)nc2ccccc12)N1CCC(c2ccc(O)cc2)CC1. The van der Waals surface area contributed by atoms with Gasteiger partial charge in [0.05, 0.1) is 16.8 Å². The van der Waals surface area contributed by atoms with Gasteiger partial charge < -0.3 is 19.5 Å². The summed E-state index contributed by atoms with van der Waals surface area (Å²) in [5.41, 5.74) is 4.30. The number of amides is 1. The van der Waals surface area contributed by atoms with E-state index in [2.05, 4.69) is 0 Å². The first kappa shape index (κ1) is 21.5. The average Bonchev–Trinajstić information content (AvgIpc) is 2.92. The number of likely N-dealkylation sites (tertiary alicyclic amines) is 1. The summed E-state index contributed by atoms with van der Waals surface area (Å²) in [7, 11) is 0. The number of carbonyl (C=O) groups excluding carboxylic acids is 1. The van der Waals surface area contributed by atoms with Crippen LogP contribution in [-0.2, 0) is 0 Å². The summed E-state index contributed by atoms with van der Waals surface area (Å²) in [4.78, 5) is 20.5. The zero-order valence-electron chi connectivity index (χ0n) is 19.3. The molecule has 6 heteroatoms. The monoisotopic (exact) mass is 466 g/mol. The van der Waals surface area contributed by atoms with Crippen LogP contribution >= 0.6 is 0 Å². The third-order valence-corrected chi connectivity index (χ3v) is 6.93. The summed E-state index contributed by atoms with van der Waals surface area (Å²) in [5.74, 6) is 2.13. The van der Waals surface area contributed by atoms with E-state index in [9.17, 15) is 9.90 Å². The minimum atomic E-state index is 0.0338. The molecule has 0 radical (unpaired) electrons. The fraction of sp³-hybridized carbons (Fsp3) is 0.241. The van der Waals surface area contributed by atoms with Crippen molar-refractivity contribution in [3.63, 3.8) is 0 Å². The summed E-state index contributed by atoms with van der Waals surface area (Å²) in [6, 6.07) is 22.9. The Morgan fingerprint density at radius 1 is 0.886 bits per heavy atom. The number of para-hydroxylation sites is 1. The van der Waals surface area contributed by atoms with Gasteiger partial charge in [-0.15, -0.1) is 0 Å². The van der Waals surface area contributed by atoms with Crippen LogP contribution in [0.1, 0.15) is 34.7 Å². The molecule has 1 saturated heterocycles. The van der Waals surface area contributed by atoms with Crippen molar-refractivity contribution >= 4 is 16.8 Å². The number of phenolic OH excluding ortho intramolecular Hbond substituents is 1. The van der Waals surface area contributed by atoms with Crippen molar-refractivity contribution in [2.45, 2.75) is 18.8 Å². The van der Waals surface area contributed by atoms with Crippen LogP contribution in [0.5, 0.6) is 17.2 Å². The van der Waals surface area contributed by atoms with Crippen LogP contribution in [0.2, 0.25) is 0 Å². The summed E-state index contributed by atoms with van der Waals surface area (Å²) in [6.07, 6.45) is 1.79. The largest absolute Gasteiger partial charge is 0.508 e. The molecule has 0 bridgehead atoms. The first-order valence-corrected chi connectivity index (χ1v) is 12.0. The van der Waals surface area contributed by atoms with E-state index < -0.39 is 0 Å². The lowest BCUT2D eigenvalue weighted by Crippen LogP contribution is -2.38. The standard InChI is InChI=1S/C29H26N2O4/c32-22-8-5-19(6-9-22)20-11-13-31(14-12-20)29(33)24-18-26(30-25-4-2-1-3-23(24)25)21-7-10-27-28(17-21)35-16-15-34-27/h1-10,17-18,20,32H,11-16H2. The number of fused-ring (bicyclic) bond motifs is 2. The van der Waals surface area contributed by atoms with E-state index >= 15 is 0 Å². The topological polar surface area (TPSA) is 71.9 Å². The molecule has 3 heterocycles. The van der Waals surface area contributed by atoms with Gasteiger partial charge in [-0.1, -0.05) is 30.3 Å². The van der Waals surface area contributed by atoms with Crippen molar-refractivity contribution < 1.29 is 19.4 Å². The van der Waals surface area contributed by atoms with E-state index in [1.165, 1.54) is 5.56 Å². The molecule has 35 heavy (non-hydrogen) atoms. The molecule has 3 aromatic carbocycles. The quantitative estimate of drug-likeness (QED) is 0.438. The second kappa shape index (κ2) is 8.95. The lowest BCUT2D eigenvalue weighted by molar-refractivity contribution is 0.0715. The van der Waals surface area contributed by atoms with Gasteiger partial charge in [0, 0.05) is 24.0 Å². The summed E-state index contributed by atoms with van der Waals surface area (Å²) in [5, 5.41) is 10.4. The van der Waals surface area contributed by atoms with E-state index in [4.69, 9.17) is 14.5 Å². The van der Waals surface area contributed by atoms with Crippen molar-refractivity contribution in [1.82, 2.24) is 9.88 Å². The van der Waals surface area contributed by atoms with Gasteiger partial charge in [-0.2, -0.15) is 0 Å². The molecule has 2 aliphatic rings. The summed E-state index contributed by atoms with van der Waals surface area (Å²) < 4.78 is 11.4. The van der Waals surface area contributed by atoms with Gasteiger partial charge >= 0.3 is 0 Å². The van der Waals surface area contributed by atoms with Gasteiger partial charge in [0.2, 0.25) is 0 Å². The number of aromatic nitrogens is 1. The molecular formula is C29H26N2O4. The van der Waals surface area contributed by atoms with E-state index in [-0.39, 0.29) is 11.7 Å². The number of aromatic hydroxyl groups is 1. The van der Waals surface area contributed by atoms with Crippen molar-refractivity contribution in [2.24, 2.45) is 0 Å². The summed E-state index contributed by atoms with van der Waals surface area (Å²) in [6.45, 7) is 2.45. The number of hydrogen-bond donors (Lipinski definition) is 1. The number of rotatable bonds is 3. The molecule has 0 aliphatic carbocycles. The molecule has 0 spiro atoms. The first-order chi connectivity index (χ1) is 17.2. The minimum Gasteiger partial charge on any atom is -0.508 e. The lowest BCUT2D eigenvalue weighted by atomic mass is 9.89. The van der Waals surface area contributed by atoms with Gasteiger partial charge in [0.15, 0.2) is 11.5 Å². The maximum absolute atomic E-state index is 13.7. The Hall–Kier alpha value is -4.06. The Balaban J connectivity index is 1.30. The van der Waals surface area contributed by atoms with E-state index in [0.717, 1.165) is 40.8 Å². The van der Waals surface area contributed by atoms with Crippen molar-refractivity contribution in [1.29, 1.82) is 0 Å². The normalized spacial score (nSPS) is 15.8. The van der Waals surface area contributed by atoms with Crippen LogP contribution in [0.15, 0.2) is 72.8 Å². The smallest absolute Gasteiger partial charge is 0.254 e. The Kier molecular flexibility index (Phi) is 5.49. The number of piperidine rings is 1. The predicted molar refractivity (Wildman–Crippen MR) is 134 cm³/mol. The van der Waals surface area contributed by atoms with Crippen LogP contribution in [0.25, 0.3) is 22.2 Å². The Labute approximate surface area is 203 Å². The first-order valence-electron chi connectivity index (χ1n) is 12.0. The molecule has 1 amide bonds. The van der Waals surface area contributed by atoms with E-state index in [0.29, 0.717) is 43.5 Å². The molecule has 4 aromatic rings. The molecular weight excluding hydrogens is 440 g/mol. The molecule has 2 aliphatic heterocycles. The number of pyridine rings is 1. The molecule has 1 fully saturated rings. The van der Waals surface area contributed by atoms with Crippen LogP contribution in [0, 0.1) is 0 Å². The third-order valence-electron chi connectivity index (χ3n) is 6.93. The highest BCUT2D eigenvalue weighted by atomic mass is 16.6. The fourth-order valence-electron chi connectivity index (χ4n) is 5.04. The maximum Gasteiger partial charge on any atom is 0.254 e. The second-order valence-corrected chi connectivity index (χ2v) is 9.09. The van der Waals surface area contributed by atoms with E-state index in [1.807, 2.05) is 65.6 Å². The van der Waals surface area contributed by atoms with Crippen LogP contribution in [0.4, 0.5) is 0 Å². The third kappa shape index (κ3) is 4.16. The highest BCUT2D eigenvalue weighted by Gasteiger charge is 2.26. The van der Waals surface area contributed by atoms with Crippen molar-refractivity contribution in [3.8, 4) is 28.5 Å². The Morgan fingerprint density at radius 2 is 1.63 bits per heavy atom. The predicted octanol–water partition coefficient (Wildman–Crippen LogP) is 5.40. The number of phenols is 1. The van der Waals surface area contributed by atoms with E-state index in [1.54, 1.807) is 12.1 Å². The number of carbonyl (C=O) groups is 1. The Morgan fingerprint density at radius 3 is 2.43 bits per heavy atom. The molecule has 1 aromatic heterocycles. The van der Waals surface area contributed by atoms with Gasteiger partial charge in [-0.25, -0.2) is 4.98 Å². The van der Waals surface area contributed by atoms with Crippen LogP contribution < -0.4 is 9.47 Å². The fourth-order valence-corrected chi connectivity index (χ4v) is 5.04. The molecule has 0 atom stereocenters. The maximum atomic E-state index is 13.7. The highest BCUT2D eigenvalue weighted by molar-refractivity contribution is 6.07. The summed E-state index contributed by atoms with van der Waals surface area (Å²) >= 11 is 0. The number of hydrogen-bond acceptors (Lipinski definition) is 5. The number of ether oxygens (including phenoxy) is 2.